The van der Waals surface area contributed by atoms with E-state index in [1.165, 1.54) is 12.8 Å². The van der Waals surface area contributed by atoms with Crippen LogP contribution < -0.4 is 4.74 Å². The van der Waals surface area contributed by atoms with E-state index < -0.39 is 6.10 Å². The normalized spacial score (nSPS) is 19.5. The van der Waals surface area contributed by atoms with E-state index in [4.69, 9.17) is 10.00 Å². The fraction of sp³-hybridized carbons (Fsp3) is 0.562. The zero-order chi connectivity index (χ0) is 14.6. The number of aliphatic hydroxyl groups is 1. The molecule has 1 aromatic carbocycles. The summed E-state index contributed by atoms with van der Waals surface area (Å²) in [6.45, 7) is 6.39. The van der Waals surface area contributed by atoms with Crippen molar-refractivity contribution in [2.75, 3.05) is 19.7 Å². The Balaban J connectivity index is 1.80. The lowest BCUT2D eigenvalue weighted by Gasteiger charge is -2.33. The maximum Gasteiger partial charge on any atom is 0.119 e. The highest BCUT2D eigenvalue weighted by Crippen LogP contribution is 2.28. The third-order valence-corrected chi connectivity index (χ3v) is 3.93. The topological polar surface area (TPSA) is 56.5 Å². The summed E-state index contributed by atoms with van der Waals surface area (Å²) >= 11 is 0. The second-order valence-corrected chi connectivity index (χ2v) is 5.96. The Morgan fingerprint density at radius 2 is 2.10 bits per heavy atom. The van der Waals surface area contributed by atoms with Gasteiger partial charge in [0.2, 0.25) is 0 Å². The number of nitrogens with zero attached hydrogens (tertiary/aromatic N) is 2. The maximum absolute atomic E-state index is 10.1. The Hall–Kier alpha value is -1.57. The molecule has 1 aliphatic rings. The van der Waals surface area contributed by atoms with Crippen molar-refractivity contribution in [1.29, 1.82) is 5.26 Å². The number of hydrogen-bond acceptors (Lipinski definition) is 4. The van der Waals surface area contributed by atoms with Crippen LogP contribution in [0.15, 0.2) is 24.3 Å². The molecule has 0 aromatic heterocycles. The lowest BCUT2D eigenvalue weighted by atomic mass is 10.0. The third kappa shape index (κ3) is 3.72. The van der Waals surface area contributed by atoms with Crippen LogP contribution in [-0.4, -0.2) is 41.3 Å². The fourth-order valence-electron chi connectivity index (χ4n) is 2.63. The van der Waals surface area contributed by atoms with Crippen LogP contribution in [0.2, 0.25) is 0 Å². The van der Waals surface area contributed by atoms with Gasteiger partial charge in [-0.2, -0.15) is 5.26 Å². The number of nitriles is 1. The number of rotatable bonds is 5. The zero-order valence-corrected chi connectivity index (χ0v) is 12.2. The van der Waals surface area contributed by atoms with Crippen LogP contribution in [-0.2, 0) is 0 Å². The van der Waals surface area contributed by atoms with Crippen LogP contribution in [0.5, 0.6) is 5.75 Å². The SMILES string of the molecule is CC1(C)CCCN1CC(O)COc1ccc(C#N)cc1. The predicted octanol–water partition coefficient (Wildman–Crippen LogP) is 2.17. The first-order valence-corrected chi connectivity index (χ1v) is 7.07. The summed E-state index contributed by atoms with van der Waals surface area (Å²) in [6, 6.07) is 9.00. The predicted molar refractivity (Wildman–Crippen MR) is 77.5 cm³/mol. The highest BCUT2D eigenvalue weighted by Gasteiger charge is 2.32. The molecule has 0 spiro atoms. The number of β-amino-alcohol motifs (C(OH)–C–C–N with tert-alkyl or cyclic N) is 1. The molecule has 4 nitrogen and oxygen atoms in total. The molecule has 2 rings (SSSR count). The summed E-state index contributed by atoms with van der Waals surface area (Å²) in [5.41, 5.74) is 0.784. The summed E-state index contributed by atoms with van der Waals surface area (Å²) in [5.74, 6) is 0.684. The van der Waals surface area contributed by atoms with Gasteiger partial charge in [0.05, 0.1) is 11.6 Å². The van der Waals surface area contributed by atoms with E-state index in [1.807, 2.05) is 0 Å². The van der Waals surface area contributed by atoms with Crippen LogP contribution in [0.25, 0.3) is 0 Å². The van der Waals surface area contributed by atoms with E-state index >= 15 is 0 Å². The molecule has 4 heteroatoms. The number of hydrogen-bond donors (Lipinski definition) is 1. The average Bonchev–Trinajstić information content (AvgIpc) is 2.76. The molecule has 1 aliphatic heterocycles. The van der Waals surface area contributed by atoms with E-state index in [0.717, 1.165) is 6.54 Å². The third-order valence-electron chi connectivity index (χ3n) is 3.93. The first-order chi connectivity index (χ1) is 9.51. The van der Waals surface area contributed by atoms with Gasteiger partial charge < -0.3 is 9.84 Å². The van der Waals surface area contributed by atoms with Crippen molar-refractivity contribution in [2.24, 2.45) is 0 Å². The first kappa shape index (κ1) is 14.8. The Morgan fingerprint density at radius 3 is 2.65 bits per heavy atom. The quantitative estimate of drug-likeness (QED) is 0.894. The van der Waals surface area contributed by atoms with Crippen molar-refractivity contribution in [3.05, 3.63) is 29.8 Å². The van der Waals surface area contributed by atoms with Crippen molar-refractivity contribution in [3.8, 4) is 11.8 Å². The second-order valence-electron chi connectivity index (χ2n) is 5.96. The molecule has 1 aromatic rings. The van der Waals surface area contributed by atoms with Gasteiger partial charge >= 0.3 is 0 Å². The van der Waals surface area contributed by atoms with Gasteiger partial charge in [0.1, 0.15) is 18.5 Å². The molecule has 1 heterocycles. The second kappa shape index (κ2) is 6.25. The van der Waals surface area contributed by atoms with Gasteiger partial charge in [-0.05, 0) is 57.5 Å². The highest BCUT2D eigenvalue weighted by molar-refractivity contribution is 5.34. The van der Waals surface area contributed by atoms with Gasteiger partial charge in [-0.1, -0.05) is 0 Å². The summed E-state index contributed by atoms with van der Waals surface area (Å²) in [5, 5.41) is 18.8. The van der Waals surface area contributed by atoms with Gasteiger partial charge in [0.25, 0.3) is 0 Å². The molecule has 0 saturated carbocycles. The smallest absolute Gasteiger partial charge is 0.119 e. The number of aliphatic hydroxyl groups excluding tert-OH is 1. The van der Waals surface area contributed by atoms with Crippen molar-refractivity contribution in [1.82, 2.24) is 4.90 Å². The molecule has 20 heavy (non-hydrogen) atoms. The Labute approximate surface area is 120 Å². The minimum absolute atomic E-state index is 0.176. The summed E-state index contributed by atoms with van der Waals surface area (Å²) in [6.07, 6.45) is 1.87. The van der Waals surface area contributed by atoms with Crippen LogP contribution in [0.3, 0.4) is 0 Å². The molecule has 1 atom stereocenters. The zero-order valence-electron chi connectivity index (χ0n) is 12.2. The molecular weight excluding hydrogens is 252 g/mol. The van der Waals surface area contributed by atoms with Gasteiger partial charge in [-0.25, -0.2) is 0 Å². The van der Waals surface area contributed by atoms with E-state index in [9.17, 15) is 5.11 Å². The minimum atomic E-state index is -0.497. The molecule has 1 fully saturated rings. The lowest BCUT2D eigenvalue weighted by molar-refractivity contribution is 0.0464. The Morgan fingerprint density at radius 1 is 1.40 bits per heavy atom. The Bertz CT molecular complexity index is 476. The van der Waals surface area contributed by atoms with Gasteiger partial charge in [0, 0.05) is 12.1 Å². The summed E-state index contributed by atoms with van der Waals surface area (Å²) in [4.78, 5) is 2.32. The number of likely N-dealkylation sites (tertiary alicyclic amines) is 1. The summed E-state index contributed by atoms with van der Waals surface area (Å²) in [7, 11) is 0. The van der Waals surface area contributed by atoms with E-state index in [2.05, 4.69) is 24.8 Å². The van der Waals surface area contributed by atoms with Crippen LogP contribution in [0.4, 0.5) is 0 Å². The lowest BCUT2D eigenvalue weighted by Crippen LogP contribution is -2.44. The van der Waals surface area contributed by atoms with Crippen molar-refractivity contribution < 1.29 is 9.84 Å². The number of benzene rings is 1. The maximum atomic E-state index is 10.1. The largest absolute Gasteiger partial charge is 0.491 e. The molecule has 1 unspecified atom stereocenters. The van der Waals surface area contributed by atoms with E-state index in [1.54, 1.807) is 24.3 Å². The molecule has 0 amide bonds. The fourth-order valence-corrected chi connectivity index (χ4v) is 2.63. The van der Waals surface area contributed by atoms with Gasteiger partial charge in [-0.3, -0.25) is 4.90 Å². The molecule has 108 valence electrons. The van der Waals surface area contributed by atoms with Gasteiger partial charge in [0.15, 0.2) is 0 Å². The van der Waals surface area contributed by atoms with Crippen LogP contribution >= 0.6 is 0 Å². The molecular formula is C16H22N2O2. The van der Waals surface area contributed by atoms with E-state index in [0.29, 0.717) is 17.9 Å². The highest BCUT2D eigenvalue weighted by atomic mass is 16.5. The monoisotopic (exact) mass is 274 g/mol. The van der Waals surface area contributed by atoms with Crippen molar-refractivity contribution in [2.45, 2.75) is 38.3 Å². The average molecular weight is 274 g/mol. The standard InChI is InChI=1S/C16H22N2O2/c1-16(2)8-3-9-18(16)11-14(19)12-20-15-6-4-13(10-17)5-7-15/h4-7,14,19H,3,8-9,11-12H2,1-2H3. The van der Waals surface area contributed by atoms with Crippen molar-refractivity contribution in [3.63, 3.8) is 0 Å². The van der Waals surface area contributed by atoms with Gasteiger partial charge in [-0.15, -0.1) is 0 Å². The molecule has 1 saturated heterocycles. The first-order valence-electron chi connectivity index (χ1n) is 7.07. The molecule has 0 aliphatic carbocycles. The molecule has 1 N–H and O–H groups in total. The number of ether oxygens (including phenoxy) is 1. The summed E-state index contributed by atoms with van der Waals surface area (Å²) < 4.78 is 5.56. The minimum Gasteiger partial charge on any atom is -0.491 e. The van der Waals surface area contributed by atoms with Crippen LogP contribution in [0, 0.1) is 11.3 Å². The van der Waals surface area contributed by atoms with E-state index in [-0.39, 0.29) is 12.1 Å². The molecule has 0 radical (unpaired) electrons. The Kier molecular flexibility index (Phi) is 4.64. The van der Waals surface area contributed by atoms with Crippen molar-refractivity contribution >= 4 is 0 Å². The van der Waals surface area contributed by atoms with Crippen LogP contribution in [0.1, 0.15) is 32.3 Å². The molecule has 0 bridgehead atoms.